The van der Waals surface area contributed by atoms with Gasteiger partial charge in [-0.05, 0) is 38.3 Å². The molecular weight excluding hydrogens is 158 g/mol. The van der Waals surface area contributed by atoms with Crippen molar-refractivity contribution in [2.24, 2.45) is 11.8 Å². The first-order valence-corrected chi connectivity index (χ1v) is 5.02. The first-order valence-electron chi connectivity index (χ1n) is 4.48. The van der Waals surface area contributed by atoms with Crippen LogP contribution < -0.4 is 0 Å². The van der Waals surface area contributed by atoms with E-state index in [1.54, 1.807) is 0 Å². The van der Waals surface area contributed by atoms with Gasteiger partial charge in [-0.3, -0.25) is 0 Å². The van der Waals surface area contributed by atoms with Crippen LogP contribution in [0.4, 0.5) is 0 Å². The van der Waals surface area contributed by atoms with E-state index in [2.05, 4.69) is 18.9 Å². The molecule has 1 aliphatic carbocycles. The van der Waals surface area contributed by atoms with Crippen molar-refractivity contribution < 1.29 is 0 Å². The second kappa shape index (κ2) is 4.32. The Balaban J connectivity index is 1.97. The summed E-state index contributed by atoms with van der Waals surface area (Å²) in [6.45, 7) is 4.77. The van der Waals surface area contributed by atoms with Crippen molar-refractivity contribution in [2.75, 3.05) is 26.0 Å². The van der Waals surface area contributed by atoms with Crippen molar-refractivity contribution in [1.82, 2.24) is 4.90 Å². The van der Waals surface area contributed by atoms with Gasteiger partial charge in [-0.2, -0.15) is 0 Å². The summed E-state index contributed by atoms with van der Waals surface area (Å²) in [5.41, 5.74) is 0. The van der Waals surface area contributed by atoms with Gasteiger partial charge in [0.25, 0.3) is 0 Å². The average molecular weight is 176 g/mol. The molecule has 1 aliphatic rings. The molecule has 2 atom stereocenters. The fraction of sp³-hybridized carbons (Fsp3) is 1.00. The van der Waals surface area contributed by atoms with E-state index in [-0.39, 0.29) is 0 Å². The van der Waals surface area contributed by atoms with Crippen molar-refractivity contribution in [2.45, 2.75) is 19.8 Å². The minimum atomic E-state index is 0.796. The Labute approximate surface area is 74.7 Å². The van der Waals surface area contributed by atoms with E-state index in [0.717, 1.165) is 30.7 Å². The van der Waals surface area contributed by atoms with Gasteiger partial charge in [0.05, 0.1) is 0 Å². The van der Waals surface area contributed by atoms with Crippen molar-refractivity contribution in [3.63, 3.8) is 0 Å². The minimum Gasteiger partial charge on any atom is -0.306 e. The Morgan fingerprint density at radius 1 is 1.55 bits per heavy atom. The minimum absolute atomic E-state index is 0.796. The van der Waals surface area contributed by atoms with Crippen molar-refractivity contribution in [3.8, 4) is 0 Å². The third-order valence-electron chi connectivity index (χ3n) is 2.50. The molecule has 0 spiro atoms. The lowest BCUT2D eigenvalue weighted by Gasteiger charge is -2.14. The molecule has 0 aliphatic heterocycles. The molecule has 0 saturated heterocycles. The molecular formula is C9H18ClN. The van der Waals surface area contributed by atoms with E-state index in [1.165, 1.54) is 13.0 Å². The molecule has 11 heavy (non-hydrogen) atoms. The number of alkyl halides is 1. The van der Waals surface area contributed by atoms with Gasteiger partial charge < -0.3 is 4.90 Å². The third-order valence-corrected chi connectivity index (χ3v) is 2.76. The highest BCUT2D eigenvalue weighted by Crippen LogP contribution is 2.37. The zero-order valence-electron chi connectivity index (χ0n) is 7.52. The lowest BCUT2D eigenvalue weighted by atomic mass is 10.3. The summed E-state index contributed by atoms with van der Waals surface area (Å²) in [5.74, 6) is 2.76. The van der Waals surface area contributed by atoms with Gasteiger partial charge in [0.2, 0.25) is 0 Å². The molecule has 1 rings (SSSR count). The second-order valence-electron chi connectivity index (χ2n) is 3.78. The molecule has 0 aromatic heterocycles. The quantitative estimate of drug-likeness (QED) is 0.580. The van der Waals surface area contributed by atoms with Crippen LogP contribution in [-0.2, 0) is 0 Å². The largest absolute Gasteiger partial charge is 0.306 e. The summed E-state index contributed by atoms with van der Waals surface area (Å²) in [5, 5.41) is 0. The SMILES string of the molecule is CC1CC1CN(C)CCCCl. The van der Waals surface area contributed by atoms with Gasteiger partial charge in [-0.25, -0.2) is 0 Å². The van der Waals surface area contributed by atoms with Crippen LogP contribution in [0.25, 0.3) is 0 Å². The molecule has 1 nitrogen and oxygen atoms in total. The fourth-order valence-electron chi connectivity index (χ4n) is 1.47. The monoisotopic (exact) mass is 175 g/mol. The first-order chi connectivity index (χ1) is 5.24. The maximum Gasteiger partial charge on any atom is 0.0235 e. The van der Waals surface area contributed by atoms with Crippen LogP contribution in [0.3, 0.4) is 0 Å². The molecule has 2 unspecified atom stereocenters. The zero-order chi connectivity index (χ0) is 8.27. The highest BCUT2D eigenvalue weighted by atomic mass is 35.5. The molecule has 2 heteroatoms. The Bertz CT molecular complexity index is 116. The number of hydrogen-bond acceptors (Lipinski definition) is 1. The van der Waals surface area contributed by atoms with Crippen LogP contribution in [-0.4, -0.2) is 30.9 Å². The lowest BCUT2D eigenvalue weighted by Crippen LogP contribution is -2.22. The summed E-state index contributed by atoms with van der Waals surface area (Å²) < 4.78 is 0. The predicted octanol–water partition coefficient (Wildman–Crippen LogP) is 2.20. The third kappa shape index (κ3) is 3.44. The van der Waals surface area contributed by atoms with Crippen LogP contribution in [0.5, 0.6) is 0 Å². The van der Waals surface area contributed by atoms with E-state index in [1.807, 2.05) is 0 Å². The molecule has 0 aromatic carbocycles. The van der Waals surface area contributed by atoms with Crippen molar-refractivity contribution in [3.05, 3.63) is 0 Å². The van der Waals surface area contributed by atoms with Gasteiger partial charge in [-0.1, -0.05) is 6.92 Å². The number of nitrogens with zero attached hydrogens (tertiary/aromatic N) is 1. The smallest absolute Gasteiger partial charge is 0.0235 e. The topological polar surface area (TPSA) is 3.24 Å². The van der Waals surface area contributed by atoms with Crippen LogP contribution in [0.2, 0.25) is 0 Å². The van der Waals surface area contributed by atoms with Gasteiger partial charge in [0.1, 0.15) is 0 Å². The highest BCUT2D eigenvalue weighted by Gasteiger charge is 2.32. The highest BCUT2D eigenvalue weighted by molar-refractivity contribution is 6.17. The van der Waals surface area contributed by atoms with Crippen LogP contribution in [0, 0.1) is 11.8 Å². The maximum absolute atomic E-state index is 5.60. The molecule has 1 saturated carbocycles. The molecule has 0 heterocycles. The number of rotatable bonds is 5. The molecule has 0 amide bonds. The predicted molar refractivity (Wildman–Crippen MR) is 50.1 cm³/mol. The summed E-state index contributed by atoms with van der Waals surface area (Å²) in [6.07, 6.45) is 2.56. The maximum atomic E-state index is 5.60. The Morgan fingerprint density at radius 2 is 2.18 bits per heavy atom. The van der Waals surface area contributed by atoms with Gasteiger partial charge in [-0.15, -0.1) is 11.6 Å². The Hall–Kier alpha value is 0.250. The van der Waals surface area contributed by atoms with Crippen LogP contribution in [0.1, 0.15) is 19.8 Å². The van der Waals surface area contributed by atoms with Gasteiger partial charge in [0, 0.05) is 12.4 Å². The molecule has 0 bridgehead atoms. The van der Waals surface area contributed by atoms with Gasteiger partial charge in [0.15, 0.2) is 0 Å². The molecule has 0 aromatic rings. The molecule has 0 N–H and O–H groups in total. The van der Waals surface area contributed by atoms with Crippen LogP contribution in [0.15, 0.2) is 0 Å². The Morgan fingerprint density at radius 3 is 2.64 bits per heavy atom. The van der Waals surface area contributed by atoms with Crippen LogP contribution >= 0.6 is 11.6 Å². The number of halogens is 1. The average Bonchev–Trinajstić information content (AvgIpc) is 2.62. The van der Waals surface area contributed by atoms with Gasteiger partial charge >= 0.3 is 0 Å². The summed E-state index contributed by atoms with van der Waals surface area (Å²) in [6, 6.07) is 0. The molecule has 0 radical (unpaired) electrons. The van der Waals surface area contributed by atoms with Crippen molar-refractivity contribution in [1.29, 1.82) is 0 Å². The molecule has 1 fully saturated rings. The number of hydrogen-bond donors (Lipinski definition) is 0. The normalized spacial score (nSPS) is 29.5. The van der Waals surface area contributed by atoms with E-state index in [9.17, 15) is 0 Å². The van der Waals surface area contributed by atoms with E-state index >= 15 is 0 Å². The van der Waals surface area contributed by atoms with E-state index in [0.29, 0.717) is 0 Å². The van der Waals surface area contributed by atoms with E-state index < -0.39 is 0 Å². The second-order valence-corrected chi connectivity index (χ2v) is 4.16. The summed E-state index contributed by atoms with van der Waals surface area (Å²) >= 11 is 5.60. The lowest BCUT2D eigenvalue weighted by molar-refractivity contribution is 0.316. The molecule has 66 valence electrons. The van der Waals surface area contributed by atoms with E-state index in [4.69, 9.17) is 11.6 Å². The first kappa shape index (κ1) is 9.34. The summed E-state index contributed by atoms with van der Waals surface area (Å²) in [4.78, 5) is 2.40. The summed E-state index contributed by atoms with van der Waals surface area (Å²) in [7, 11) is 2.19. The zero-order valence-corrected chi connectivity index (χ0v) is 8.27. The standard InChI is InChI=1S/C9H18ClN/c1-8-6-9(8)7-11(2)5-3-4-10/h8-9H,3-7H2,1-2H3. The fourth-order valence-corrected chi connectivity index (χ4v) is 1.59. The Kier molecular flexibility index (Phi) is 3.67. The van der Waals surface area contributed by atoms with Crippen molar-refractivity contribution >= 4 is 11.6 Å².